The van der Waals surface area contributed by atoms with Gasteiger partial charge in [-0.2, -0.15) is 0 Å². The highest BCUT2D eigenvalue weighted by Crippen LogP contribution is 2.31. The van der Waals surface area contributed by atoms with Gasteiger partial charge in [-0.1, -0.05) is 19.8 Å². The number of rotatable bonds is 7. The van der Waals surface area contributed by atoms with Gasteiger partial charge in [0.15, 0.2) is 0 Å². The zero-order chi connectivity index (χ0) is 10.4. The Bertz CT molecular complexity index is 178. The van der Waals surface area contributed by atoms with Crippen LogP contribution in [0.15, 0.2) is 0 Å². The molecule has 1 aliphatic rings. The highest BCUT2D eigenvalue weighted by molar-refractivity contribution is 5.77. The van der Waals surface area contributed by atoms with E-state index >= 15 is 0 Å². The standard InChI is InChI=1S/C11H22N2O/c1-3-9(2)13-8-11(14)12-7-6-10-4-5-10/h9-10,13H,3-8H2,1-2H3,(H,12,14). The molecule has 0 aromatic carbocycles. The molecule has 0 aromatic rings. The van der Waals surface area contributed by atoms with Crippen molar-refractivity contribution in [3.05, 3.63) is 0 Å². The summed E-state index contributed by atoms with van der Waals surface area (Å²) in [6.45, 7) is 5.52. The Morgan fingerprint density at radius 1 is 1.50 bits per heavy atom. The Labute approximate surface area is 86.6 Å². The highest BCUT2D eigenvalue weighted by Gasteiger charge is 2.20. The minimum absolute atomic E-state index is 0.131. The third kappa shape index (κ3) is 5.22. The van der Waals surface area contributed by atoms with Gasteiger partial charge in [0.05, 0.1) is 6.54 Å². The predicted molar refractivity (Wildman–Crippen MR) is 58.1 cm³/mol. The first-order valence-corrected chi connectivity index (χ1v) is 5.72. The molecule has 1 rings (SSSR count). The second-order valence-electron chi connectivity index (χ2n) is 4.27. The molecule has 0 bridgehead atoms. The van der Waals surface area contributed by atoms with Crippen LogP contribution in [0.2, 0.25) is 0 Å². The summed E-state index contributed by atoms with van der Waals surface area (Å²) in [5, 5.41) is 6.11. The molecule has 0 aliphatic heterocycles. The van der Waals surface area contributed by atoms with Crippen molar-refractivity contribution in [3.8, 4) is 0 Å². The van der Waals surface area contributed by atoms with Crippen molar-refractivity contribution in [2.45, 2.75) is 45.6 Å². The fourth-order valence-electron chi connectivity index (χ4n) is 1.30. The highest BCUT2D eigenvalue weighted by atomic mass is 16.1. The van der Waals surface area contributed by atoms with Crippen molar-refractivity contribution >= 4 is 5.91 Å². The lowest BCUT2D eigenvalue weighted by Gasteiger charge is -2.10. The molecule has 3 heteroatoms. The maximum Gasteiger partial charge on any atom is 0.233 e. The minimum atomic E-state index is 0.131. The minimum Gasteiger partial charge on any atom is -0.355 e. The molecule has 1 aliphatic carbocycles. The fourth-order valence-corrected chi connectivity index (χ4v) is 1.30. The van der Waals surface area contributed by atoms with Crippen molar-refractivity contribution in [1.29, 1.82) is 0 Å². The summed E-state index contributed by atoms with van der Waals surface area (Å²) < 4.78 is 0. The van der Waals surface area contributed by atoms with Crippen LogP contribution in [-0.2, 0) is 4.79 Å². The predicted octanol–water partition coefficient (Wildman–Crippen LogP) is 1.29. The van der Waals surface area contributed by atoms with Crippen LogP contribution in [0.3, 0.4) is 0 Å². The van der Waals surface area contributed by atoms with Crippen LogP contribution < -0.4 is 10.6 Å². The van der Waals surface area contributed by atoms with Crippen molar-refractivity contribution in [2.75, 3.05) is 13.1 Å². The van der Waals surface area contributed by atoms with E-state index in [1.165, 1.54) is 12.8 Å². The van der Waals surface area contributed by atoms with Crippen LogP contribution in [0, 0.1) is 5.92 Å². The molecule has 1 atom stereocenters. The third-order valence-electron chi connectivity index (χ3n) is 2.80. The monoisotopic (exact) mass is 198 g/mol. The van der Waals surface area contributed by atoms with E-state index in [0.717, 1.165) is 25.3 Å². The largest absolute Gasteiger partial charge is 0.355 e. The van der Waals surface area contributed by atoms with E-state index in [2.05, 4.69) is 24.5 Å². The summed E-state index contributed by atoms with van der Waals surface area (Å²) in [6.07, 6.45) is 4.95. The van der Waals surface area contributed by atoms with E-state index in [1.807, 2.05) is 0 Å². The summed E-state index contributed by atoms with van der Waals surface area (Å²) >= 11 is 0. The first kappa shape index (κ1) is 11.5. The van der Waals surface area contributed by atoms with E-state index in [4.69, 9.17) is 0 Å². The summed E-state index contributed by atoms with van der Waals surface area (Å²) in [5.74, 6) is 1.03. The fraction of sp³-hybridized carbons (Fsp3) is 0.909. The lowest BCUT2D eigenvalue weighted by Crippen LogP contribution is -2.38. The Kier molecular flexibility index (Phi) is 4.94. The van der Waals surface area contributed by atoms with E-state index in [1.54, 1.807) is 0 Å². The van der Waals surface area contributed by atoms with Crippen molar-refractivity contribution < 1.29 is 4.79 Å². The molecule has 1 unspecified atom stereocenters. The van der Waals surface area contributed by atoms with Gasteiger partial charge in [0, 0.05) is 12.6 Å². The Morgan fingerprint density at radius 2 is 2.21 bits per heavy atom. The Morgan fingerprint density at radius 3 is 2.79 bits per heavy atom. The first-order chi connectivity index (χ1) is 6.72. The zero-order valence-corrected chi connectivity index (χ0v) is 9.31. The van der Waals surface area contributed by atoms with Crippen LogP contribution in [0.4, 0.5) is 0 Å². The van der Waals surface area contributed by atoms with Gasteiger partial charge in [-0.3, -0.25) is 4.79 Å². The molecule has 14 heavy (non-hydrogen) atoms. The van der Waals surface area contributed by atoms with Crippen LogP contribution in [0.1, 0.15) is 39.5 Å². The number of carbonyl (C=O) groups excluding carboxylic acids is 1. The summed E-state index contributed by atoms with van der Waals surface area (Å²) in [4.78, 5) is 11.3. The van der Waals surface area contributed by atoms with Gasteiger partial charge in [0.1, 0.15) is 0 Å². The normalized spacial score (nSPS) is 17.9. The van der Waals surface area contributed by atoms with E-state index < -0.39 is 0 Å². The van der Waals surface area contributed by atoms with Crippen LogP contribution in [0.5, 0.6) is 0 Å². The number of hydrogen-bond acceptors (Lipinski definition) is 2. The average molecular weight is 198 g/mol. The van der Waals surface area contributed by atoms with Gasteiger partial charge in [0.2, 0.25) is 5.91 Å². The number of carbonyl (C=O) groups is 1. The van der Waals surface area contributed by atoms with Crippen LogP contribution in [-0.4, -0.2) is 25.0 Å². The lowest BCUT2D eigenvalue weighted by molar-refractivity contribution is -0.120. The van der Waals surface area contributed by atoms with Crippen LogP contribution >= 0.6 is 0 Å². The molecule has 2 N–H and O–H groups in total. The zero-order valence-electron chi connectivity index (χ0n) is 9.31. The maximum atomic E-state index is 11.3. The molecule has 82 valence electrons. The van der Waals surface area contributed by atoms with E-state index in [-0.39, 0.29) is 5.91 Å². The second-order valence-corrected chi connectivity index (χ2v) is 4.27. The van der Waals surface area contributed by atoms with E-state index in [0.29, 0.717) is 12.6 Å². The Balaban J connectivity index is 1.92. The summed E-state index contributed by atoms with van der Waals surface area (Å²) in [7, 11) is 0. The molecule has 1 saturated carbocycles. The topological polar surface area (TPSA) is 41.1 Å². The molecule has 1 fully saturated rings. The Hall–Kier alpha value is -0.570. The number of nitrogens with one attached hydrogen (secondary N) is 2. The summed E-state index contributed by atoms with van der Waals surface area (Å²) in [6, 6.07) is 0.434. The maximum absolute atomic E-state index is 11.3. The number of hydrogen-bond donors (Lipinski definition) is 2. The molecular formula is C11H22N2O. The van der Waals surface area contributed by atoms with Gasteiger partial charge >= 0.3 is 0 Å². The molecule has 0 radical (unpaired) electrons. The quantitative estimate of drug-likeness (QED) is 0.647. The molecule has 0 spiro atoms. The molecule has 0 aromatic heterocycles. The summed E-state index contributed by atoms with van der Waals surface area (Å²) in [5.41, 5.74) is 0. The number of amides is 1. The van der Waals surface area contributed by atoms with Crippen molar-refractivity contribution in [2.24, 2.45) is 5.92 Å². The van der Waals surface area contributed by atoms with Crippen molar-refractivity contribution in [3.63, 3.8) is 0 Å². The van der Waals surface area contributed by atoms with Gasteiger partial charge in [-0.05, 0) is 25.7 Å². The smallest absolute Gasteiger partial charge is 0.233 e. The van der Waals surface area contributed by atoms with Gasteiger partial charge in [0.25, 0.3) is 0 Å². The molecular weight excluding hydrogens is 176 g/mol. The molecule has 0 heterocycles. The molecule has 1 amide bonds. The second kappa shape index (κ2) is 6.02. The van der Waals surface area contributed by atoms with Gasteiger partial charge in [-0.25, -0.2) is 0 Å². The molecule has 0 saturated heterocycles. The van der Waals surface area contributed by atoms with Gasteiger partial charge < -0.3 is 10.6 Å². The molecule has 3 nitrogen and oxygen atoms in total. The average Bonchev–Trinajstić information content (AvgIpc) is 2.98. The first-order valence-electron chi connectivity index (χ1n) is 5.72. The SMILES string of the molecule is CCC(C)NCC(=O)NCCC1CC1. The lowest BCUT2D eigenvalue weighted by atomic mass is 10.2. The van der Waals surface area contributed by atoms with Crippen LogP contribution in [0.25, 0.3) is 0 Å². The van der Waals surface area contributed by atoms with Crippen molar-refractivity contribution in [1.82, 2.24) is 10.6 Å². The third-order valence-corrected chi connectivity index (χ3v) is 2.80. The van der Waals surface area contributed by atoms with Gasteiger partial charge in [-0.15, -0.1) is 0 Å². The van der Waals surface area contributed by atoms with E-state index in [9.17, 15) is 4.79 Å².